The number of hydrogen-bond donors (Lipinski definition) is 1. The minimum absolute atomic E-state index is 0.474. The standard InChI is InChI=1S/C15H21NOS.C4H10.C3H4/c1-11-5-8-14(9-6-11)17-18-16-15-10-12(2)4-7-13(15)3;1-3-4-2;1-3-2/h5-6,8-9,13,15-16H,2,4,7,10H2,1,3H3;3-4H2,1-2H3;1H,2H3. The van der Waals surface area contributed by atoms with Gasteiger partial charge in [0.05, 0.1) is 0 Å². The van der Waals surface area contributed by atoms with Crippen LogP contribution < -0.4 is 8.91 Å². The normalized spacial score (nSPS) is 18.8. The van der Waals surface area contributed by atoms with E-state index < -0.39 is 0 Å². The fourth-order valence-electron chi connectivity index (χ4n) is 2.13. The molecule has 0 amide bonds. The molecule has 140 valence electrons. The molecule has 0 aromatic heterocycles. The molecule has 1 N–H and O–H groups in total. The molecule has 1 aliphatic carbocycles. The summed E-state index contributed by atoms with van der Waals surface area (Å²) < 4.78 is 9.02. The summed E-state index contributed by atoms with van der Waals surface area (Å²) in [5.74, 6) is 3.82. The van der Waals surface area contributed by atoms with E-state index in [0.717, 1.165) is 12.2 Å². The first-order valence-corrected chi connectivity index (χ1v) is 9.92. The summed E-state index contributed by atoms with van der Waals surface area (Å²) in [5, 5.41) is 0. The Morgan fingerprint density at radius 3 is 2.36 bits per heavy atom. The molecular formula is C22H35NOS. The summed E-state index contributed by atoms with van der Waals surface area (Å²) in [6.45, 7) is 14.5. The van der Waals surface area contributed by atoms with Crippen LogP contribution in [0.5, 0.6) is 5.75 Å². The Labute approximate surface area is 160 Å². The molecule has 1 aromatic carbocycles. The van der Waals surface area contributed by atoms with Crippen molar-refractivity contribution in [3.63, 3.8) is 0 Å². The smallest absolute Gasteiger partial charge is 0.144 e. The van der Waals surface area contributed by atoms with Gasteiger partial charge in [-0.25, -0.2) is 4.72 Å². The summed E-state index contributed by atoms with van der Waals surface area (Å²) in [7, 11) is 0. The lowest BCUT2D eigenvalue weighted by Gasteiger charge is -2.29. The van der Waals surface area contributed by atoms with E-state index in [1.54, 1.807) is 6.92 Å². The fourth-order valence-corrected chi connectivity index (χ4v) is 2.83. The summed E-state index contributed by atoms with van der Waals surface area (Å²) in [5.41, 5.74) is 2.60. The van der Waals surface area contributed by atoms with Gasteiger partial charge in [0.15, 0.2) is 0 Å². The lowest BCUT2D eigenvalue weighted by atomic mass is 9.84. The zero-order valence-corrected chi connectivity index (χ0v) is 17.4. The fraction of sp³-hybridized carbons (Fsp3) is 0.545. The largest absolute Gasteiger partial charge is 0.410 e. The second-order valence-corrected chi connectivity index (χ2v) is 7.03. The Kier molecular flexibility index (Phi) is 14.1. The molecule has 1 aromatic rings. The molecule has 1 fully saturated rings. The number of unbranched alkanes of at least 4 members (excludes halogenated alkanes) is 1. The number of aryl methyl sites for hydroxylation is 1. The van der Waals surface area contributed by atoms with Crippen LogP contribution >= 0.6 is 12.2 Å². The van der Waals surface area contributed by atoms with Crippen LogP contribution in [0.1, 0.15) is 65.4 Å². The van der Waals surface area contributed by atoms with Crippen LogP contribution in [-0.2, 0) is 0 Å². The maximum Gasteiger partial charge on any atom is 0.144 e. The van der Waals surface area contributed by atoms with E-state index in [-0.39, 0.29) is 0 Å². The third kappa shape index (κ3) is 11.8. The summed E-state index contributed by atoms with van der Waals surface area (Å²) >= 11 is 1.33. The Bertz CT molecular complexity index is 502. The first kappa shape index (κ1) is 23.6. The van der Waals surface area contributed by atoms with Crippen LogP contribution in [-0.4, -0.2) is 6.04 Å². The monoisotopic (exact) mass is 361 g/mol. The zero-order chi connectivity index (χ0) is 19.1. The minimum atomic E-state index is 0.474. The van der Waals surface area contributed by atoms with E-state index in [0.29, 0.717) is 12.0 Å². The van der Waals surface area contributed by atoms with Crippen LogP contribution in [0.2, 0.25) is 0 Å². The molecule has 0 aliphatic heterocycles. The van der Waals surface area contributed by atoms with Crippen molar-refractivity contribution in [2.24, 2.45) is 5.92 Å². The molecule has 25 heavy (non-hydrogen) atoms. The molecule has 0 radical (unpaired) electrons. The van der Waals surface area contributed by atoms with Crippen molar-refractivity contribution in [3.05, 3.63) is 42.0 Å². The Morgan fingerprint density at radius 2 is 1.84 bits per heavy atom. The van der Waals surface area contributed by atoms with Gasteiger partial charge in [-0.2, -0.15) is 0 Å². The molecule has 2 atom stereocenters. The lowest BCUT2D eigenvalue weighted by Crippen LogP contribution is -2.34. The highest BCUT2D eigenvalue weighted by molar-refractivity contribution is 7.93. The molecular weight excluding hydrogens is 326 g/mol. The molecule has 2 nitrogen and oxygen atoms in total. The third-order valence-electron chi connectivity index (χ3n) is 4.01. The molecule has 0 heterocycles. The van der Waals surface area contributed by atoms with Gasteiger partial charge in [-0.15, -0.1) is 12.3 Å². The Hall–Kier alpha value is -1.37. The predicted molar refractivity (Wildman–Crippen MR) is 114 cm³/mol. The first-order chi connectivity index (χ1) is 12.0. The van der Waals surface area contributed by atoms with E-state index in [1.807, 2.05) is 12.1 Å². The van der Waals surface area contributed by atoms with E-state index in [4.69, 9.17) is 4.18 Å². The van der Waals surface area contributed by atoms with Gasteiger partial charge in [-0.3, -0.25) is 0 Å². The Morgan fingerprint density at radius 1 is 1.28 bits per heavy atom. The van der Waals surface area contributed by atoms with E-state index in [9.17, 15) is 0 Å². The molecule has 0 saturated heterocycles. The highest BCUT2D eigenvalue weighted by Gasteiger charge is 2.23. The highest BCUT2D eigenvalue weighted by atomic mass is 32.2. The van der Waals surface area contributed by atoms with Crippen molar-refractivity contribution >= 4 is 12.2 Å². The molecule has 2 rings (SSSR count). The topological polar surface area (TPSA) is 21.3 Å². The number of nitrogens with one attached hydrogen (secondary N) is 1. The molecule has 1 aliphatic rings. The number of benzene rings is 1. The van der Waals surface area contributed by atoms with Crippen LogP contribution in [0.25, 0.3) is 0 Å². The first-order valence-electron chi connectivity index (χ1n) is 9.18. The van der Waals surface area contributed by atoms with Gasteiger partial charge in [-0.05, 0) is 51.2 Å². The second-order valence-electron chi connectivity index (χ2n) is 6.46. The highest BCUT2D eigenvalue weighted by Crippen LogP contribution is 2.28. The van der Waals surface area contributed by atoms with Gasteiger partial charge in [0, 0.05) is 6.04 Å². The Balaban J connectivity index is 0.000000708. The minimum Gasteiger partial charge on any atom is -0.410 e. The van der Waals surface area contributed by atoms with Crippen LogP contribution in [0, 0.1) is 25.2 Å². The SMILES string of the molecule is C#CC.C=C1CCC(C)C(NSOc2ccc(C)cc2)C1.CCCC. The van der Waals surface area contributed by atoms with Crippen LogP contribution in [0.15, 0.2) is 36.4 Å². The summed E-state index contributed by atoms with van der Waals surface area (Å²) in [6, 6.07) is 8.57. The van der Waals surface area contributed by atoms with Gasteiger partial charge in [-0.1, -0.05) is 63.5 Å². The summed E-state index contributed by atoms with van der Waals surface area (Å²) in [6.07, 6.45) is 10.7. The van der Waals surface area contributed by atoms with Crippen molar-refractivity contribution in [2.75, 3.05) is 0 Å². The molecule has 1 saturated carbocycles. The van der Waals surface area contributed by atoms with Crippen molar-refractivity contribution in [2.45, 2.75) is 72.8 Å². The van der Waals surface area contributed by atoms with E-state index in [2.05, 4.69) is 63.5 Å². The van der Waals surface area contributed by atoms with Crippen molar-refractivity contribution in [1.82, 2.24) is 4.72 Å². The maximum absolute atomic E-state index is 5.62. The molecule has 2 unspecified atom stereocenters. The van der Waals surface area contributed by atoms with Crippen molar-refractivity contribution in [3.8, 4) is 18.1 Å². The van der Waals surface area contributed by atoms with Crippen LogP contribution in [0.3, 0.4) is 0 Å². The third-order valence-corrected chi connectivity index (χ3v) is 4.68. The van der Waals surface area contributed by atoms with E-state index >= 15 is 0 Å². The van der Waals surface area contributed by atoms with Gasteiger partial charge in [0.1, 0.15) is 18.0 Å². The predicted octanol–water partition coefficient (Wildman–Crippen LogP) is 6.72. The van der Waals surface area contributed by atoms with E-state index in [1.165, 1.54) is 49.0 Å². The average molecular weight is 362 g/mol. The van der Waals surface area contributed by atoms with Crippen LogP contribution in [0.4, 0.5) is 0 Å². The maximum atomic E-state index is 5.62. The quantitative estimate of drug-likeness (QED) is 0.272. The number of terminal acetylenes is 1. The van der Waals surface area contributed by atoms with Gasteiger partial charge < -0.3 is 4.18 Å². The number of hydrogen-bond acceptors (Lipinski definition) is 3. The lowest BCUT2D eigenvalue weighted by molar-refractivity contribution is 0.361. The summed E-state index contributed by atoms with van der Waals surface area (Å²) in [4.78, 5) is 0. The van der Waals surface area contributed by atoms with Crippen molar-refractivity contribution < 1.29 is 4.18 Å². The van der Waals surface area contributed by atoms with Gasteiger partial charge in [0.2, 0.25) is 0 Å². The van der Waals surface area contributed by atoms with Crippen molar-refractivity contribution in [1.29, 1.82) is 0 Å². The second kappa shape index (κ2) is 14.9. The molecule has 0 spiro atoms. The number of rotatable bonds is 5. The van der Waals surface area contributed by atoms with Gasteiger partial charge in [0.25, 0.3) is 0 Å². The molecule has 3 heteroatoms. The van der Waals surface area contributed by atoms with Gasteiger partial charge >= 0.3 is 0 Å². The zero-order valence-electron chi connectivity index (χ0n) is 16.6. The average Bonchev–Trinajstić information content (AvgIpc) is 2.60. The molecule has 0 bridgehead atoms.